The molecule has 1 saturated heterocycles. The van der Waals surface area contributed by atoms with Crippen LogP contribution in [-0.2, 0) is 19.2 Å². The van der Waals surface area contributed by atoms with E-state index >= 15 is 0 Å². The van der Waals surface area contributed by atoms with Crippen LogP contribution < -0.4 is 11.1 Å². The van der Waals surface area contributed by atoms with Crippen LogP contribution in [0, 0.1) is 0 Å². The van der Waals surface area contributed by atoms with Crippen molar-refractivity contribution in [2.75, 3.05) is 24.3 Å². The normalized spacial score (nSPS) is 19.4. The first-order chi connectivity index (χ1) is 17.9. The Kier molecular flexibility index (Phi) is 6.57. The van der Waals surface area contributed by atoms with Crippen molar-refractivity contribution in [1.29, 1.82) is 0 Å². The van der Waals surface area contributed by atoms with Crippen molar-refractivity contribution in [3.05, 3.63) is 41.5 Å². The van der Waals surface area contributed by atoms with E-state index in [0.717, 1.165) is 0 Å². The number of amides is 2. The van der Waals surface area contributed by atoms with Crippen molar-refractivity contribution in [3.63, 3.8) is 0 Å². The van der Waals surface area contributed by atoms with E-state index in [2.05, 4.69) is 41.1 Å². The summed E-state index contributed by atoms with van der Waals surface area (Å²) in [5.41, 5.74) is 6.30. The molecule has 2 atom stereocenters. The summed E-state index contributed by atoms with van der Waals surface area (Å²) in [4.78, 5) is 51.9. The first-order valence-corrected chi connectivity index (χ1v) is 12.5. The lowest BCUT2D eigenvalue weighted by Gasteiger charge is -2.49. The number of rotatable bonds is 8. The van der Waals surface area contributed by atoms with Crippen molar-refractivity contribution in [3.8, 4) is 0 Å². The van der Waals surface area contributed by atoms with Gasteiger partial charge in [-0.05, 0) is 34.2 Å². The van der Waals surface area contributed by atoms with Crippen LogP contribution in [-0.4, -0.2) is 98.8 Å². The fourth-order valence-electron chi connectivity index (χ4n) is 3.64. The maximum Gasteiger partial charge on any atom is 0.352 e. The lowest BCUT2D eigenvalue weighted by molar-refractivity contribution is -0.150. The van der Waals surface area contributed by atoms with Gasteiger partial charge in [-0.25, -0.2) is 14.8 Å². The molecule has 0 aromatic carbocycles. The molecule has 3 aromatic rings. The van der Waals surface area contributed by atoms with E-state index in [0.29, 0.717) is 22.0 Å². The number of fused-ring (bicyclic) bond motifs is 2. The number of carboxylic acids is 1. The highest BCUT2D eigenvalue weighted by atomic mass is 32.2. The molecule has 5 heterocycles. The molecular weight excluding hydrogens is 526 g/mol. The molecule has 2 aliphatic rings. The Labute approximate surface area is 215 Å². The van der Waals surface area contributed by atoms with Gasteiger partial charge in [-0.15, -0.1) is 38.4 Å². The quantitative estimate of drug-likeness (QED) is 0.131. The molecule has 0 saturated carbocycles. The van der Waals surface area contributed by atoms with Gasteiger partial charge >= 0.3 is 5.97 Å². The van der Waals surface area contributed by atoms with Gasteiger partial charge in [-0.3, -0.25) is 14.5 Å². The second kappa shape index (κ2) is 9.97. The van der Waals surface area contributed by atoms with Crippen LogP contribution in [0.1, 0.15) is 5.82 Å². The molecule has 18 heteroatoms. The van der Waals surface area contributed by atoms with Crippen LogP contribution in [0.25, 0.3) is 5.65 Å². The number of nitrogens with zero attached hydrogens (tertiary/aromatic N) is 9. The monoisotopic (exact) mass is 543 g/mol. The highest BCUT2D eigenvalue weighted by Gasteiger charge is 2.54. The summed E-state index contributed by atoms with van der Waals surface area (Å²) in [6, 6.07) is 3.87. The van der Waals surface area contributed by atoms with Gasteiger partial charge in [0.1, 0.15) is 35.1 Å². The zero-order chi connectivity index (χ0) is 26.1. The zero-order valence-electron chi connectivity index (χ0n) is 18.9. The van der Waals surface area contributed by atoms with Gasteiger partial charge < -0.3 is 21.0 Å². The van der Waals surface area contributed by atoms with E-state index in [1.54, 1.807) is 12.1 Å². The number of β-lactam (4-membered cyclic amide) rings is 1. The molecule has 190 valence electrons. The number of anilines is 1. The summed E-state index contributed by atoms with van der Waals surface area (Å²) in [6.07, 6.45) is 1.35. The average Bonchev–Trinajstić information content (AvgIpc) is 3.36. The van der Waals surface area contributed by atoms with Crippen molar-refractivity contribution in [2.45, 2.75) is 16.4 Å². The average molecular weight is 544 g/mol. The molecule has 4 N–H and O–H groups in total. The van der Waals surface area contributed by atoms with Gasteiger partial charge in [0.25, 0.3) is 11.8 Å². The third-order valence-electron chi connectivity index (χ3n) is 5.26. The minimum atomic E-state index is -1.24. The Bertz CT molecular complexity index is 1480. The Hall–Kier alpha value is -4.32. The van der Waals surface area contributed by atoms with Gasteiger partial charge in [-0.1, -0.05) is 5.16 Å². The number of carbonyl (C=O) groups is 3. The number of nitrogens with one attached hydrogen (secondary N) is 1. The van der Waals surface area contributed by atoms with E-state index < -0.39 is 29.2 Å². The molecule has 2 amide bonds. The summed E-state index contributed by atoms with van der Waals surface area (Å²) < 4.78 is 1.27. The number of carboxylic acid groups (broad SMARTS) is 1. The summed E-state index contributed by atoms with van der Waals surface area (Å²) >= 11 is 2.63. The minimum absolute atomic E-state index is 0.0850. The number of nitrogen functional groups attached to an aromatic ring is 1. The number of hydrogen-bond acceptors (Lipinski definition) is 14. The Morgan fingerprint density at radius 3 is 2.97 bits per heavy atom. The van der Waals surface area contributed by atoms with E-state index in [-0.39, 0.29) is 28.8 Å². The van der Waals surface area contributed by atoms with Crippen molar-refractivity contribution in [2.24, 2.45) is 5.16 Å². The topological polar surface area (TPSA) is 216 Å². The molecule has 1 fully saturated rings. The van der Waals surface area contributed by atoms with Crippen LogP contribution >= 0.6 is 23.5 Å². The fourth-order valence-corrected chi connectivity index (χ4v) is 5.97. The summed E-state index contributed by atoms with van der Waals surface area (Å²) in [5, 5.41) is 31.4. The largest absolute Gasteiger partial charge is 0.477 e. The number of aliphatic carboxylic acids is 1. The molecule has 0 bridgehead atoms. The lowest BCUT2D eigenvalue weighted by Crippen LogP contribution is -2.71. The number of thioether (sulfide) groups is 2. The van der Waals surface area contributed by atoms with Gasteiger partial charge in [0.2, 0.25) is 5.71 Å². The number of oxime groups is 1. The van der Waals surface area contributed by atoms with Gasteiger partial charge in [-0.2, -0.15) is 0 Å². The maximum atomic E-state index is 13.0. The standard InChI is InChI=1S/C19H17N11O5S2/c1-35-26-12(15-21-5-4-9(20)22-15)16(31)23-13-17(32)29-14(19(33)34)8(7-37-18(13)29)6-36-11-3-2-10-24-27-28-30(10)25-11/h2-5,13,18H,6-7H2,1H3,(H,23,31)(H,33,34)(H2,20,21,22)/t13?,18-/m0/s1. The maximum absolute atomic E-state index is 13.0. The van der Waals surface area contributed by atoms with Crippen LogP contribution in [0.4, 0.5) is 5.82 Å². The number of nitrogens with two attached hydrogens (primary N) is 1. The Morgan fingerprint density at radius 2 is 2.22 bits per heavy atom. The van der Waals surface area contributed by atoms with Crippen molar-refractivity contribution < 1.29 is 24.3 Å². The molecule has 3 aromatic heterocycles. The Balaban J connectivity index is 1.31. The smallest absolute Gasteiger partial charge is 0.352 e. The van der Waals surface area contributed by atoms with Gasteiger partial charge in [0.15, 0.2) is 11.5 Å². The van der Waals surface area contributed by atoms with E-state index in [1.165, 1.54) is 52.4 Å². The first-order valence-electron chi connectivity index (χ1n) is 10.5. The molecule has 2 aliphatic heterocycles. The number of carbonyl (C=O) groups excluding carboxylic acids is 2. The van der Waals surface area contributed by atoms with Crippen LogP contribution in [0.2, 0.25) is 0 Å². The second-order valence-electron chi connectivity index (χ2n) is 7.53. The first kappa shape index (κ1) is 24.4. The predicted octanol–water partition coefficient (Wildman–Crippen LogP) is -1.23. The molecule has 0 aliphatic carbocycles. The third-order valence-corrected chi connectivity index (χ3v) is 7.61. The number of tetrazole rings is 1. The van der Waals surface area contributed by atoms with Gasteiger partial charge in [0.05, 0.1) is 0 Å². The zero-order valence-corrected chi connectivity index (χ0v) is 20.5. The van der Waals surface area contributed by atoms with Crippen molar-refractivity contribution >= 4 is 58.5 Å². The minimum Gasteiger partial charge on any atom is -0.477 e. The van der Waals surface area contributed by atoms with E-state index in [1.807, 2.05) is 0 Å². The number of hydrogen-bond donors (Lipinski definition) is 3. The van der Waals surface area contributed by atoms with E-state index in [4.69, 9.17) is 10.6 Å². The lowest BCUT2D eigenvalue weighted by atomic mass is 10.0. The Morgan fingerprint density at radius 1 is 1.38 bits per heavy atom. The van der Waals surface area contributed by atoms with Crippen LogP contribution in [0.5, 0.6) is 0 Å². The molecular formula is C19H17N11O5S2. The molecule has 0 spiro atoms. The molecule has 0 radical (unpaired) electrons. The van der Waals surface area contributed by atoms with Crippen LogP contribution in [0.15, 0.2) is 45.8 Å². The summed E-state index contributed by atoms with van der Waals surface area (Å²) in [7, 11) is 1.24. The molecule has 1 unspecified atom stereocenters. The summed E-state index contributed by atoms with van der Waals surface area (Å²) in [5.74, 6) is -1.93. The SMILES string of the molecule is CON=C(C(=O)NC1C(=O)N2C(C(=O)O)=C(CSc3ccc4nnnn4n3)CS[C@@H]12)c1nccc(N)n1. The third kappa shape index (κ3) is 4.62. The second-order valence-corrected chi connectivity index (χ2v) is 9.63. The van der Waals surface area contributed by atoms with Crippen molar-refractivity contribution in [1.82, 2.24) is 45.4 Å². The van der Waals surface area contributed by atoms with Crippen LogP contribution in [0.3, 0.4) is 0 Å². The molecule has 5 rings (SSSR count). The van der Waals surface area contributed by atoms with E-state index in [9.17, 15) is 19.5 Å². The molecule has 37 heavy (non-hydrogen) atoms. The fraction of sp³-hybridized carbons (Fsp3) is 0.263. The van der Waals surface area contributed by atoms with Gasteiger partial charge in [0, 0.05) is 17.7 Å². The predicted molar refractivity (Wildman–Crippen MR) is 129 cm³/mol. The summed E-state index contributed by atoms with van der Waals surface area (Å²) in [6.45, 7) is 0. The highest BCUT2D eigenvalue weighted by Crippen LogP contribution is 2.41. The number of aromatic nitrogens is 7. The molecule has 16 nitrogen and oxygen atoms in total. The highest BCUT2D eigenvalue weighted by molar-refractivity contribution is 8.01.